The van der Waals surface area contributed by atoms with E-state index in [1.807, 2.05) is 7.05 Å². The van der Waals surface area contributed by atoms with Gasteiger partial charge < -0.3 is 15.0 Å². The van der Waals surface area contributed by atoms with Gasteiger partial charge in [0, 0.05) is 38.0 Å². The summed E-state index contributed by atoms with van der Waals surface area (Å²) in [6.07, 6.45) is 2.41. The zero-order valence-corrected chi connectivity index (χ0v) is 11.4. The second-order valence-electron chi connectivity index (χ2n) is 4.46. The fourth-order valence-corrected chi connectivity index (χ4v) is 2.87. The second-order valence-corrected chi connectivity index (χ2v) is 5.29. The van der Waals surface area contributed by atoms with Gasteiger partial charge in [0.25, 0.3) is 0 Å². The predicted octanol–water partition coefficient (Wildman–Crippen LogP) is 1.52. The zero-order valence-electron chi connectivity index (χ0n) is 10.6. The van der Waals surface area contributed by atoms with Crippen molar-refractivity contribution in [1.82, 2.24) is 10.3 Å². The topological polar surface area (TPSA) is 37.4 Å². The van der Waals surface area contributed by atoms with E-state index in [1.54, 1.807) is 11.3 Å². The summed E-state index contributed by atoms with van der Waals surface area (Å²) < 4.78 is 5.65. The molecule has 0 saturated carbocycles. The number of hydrogen-bond acceptors (Lipinski definition) is 5. The van der Waals surface area contributed by atoms with Crippen LogP contribution in [0.5, 0.6) is 0 Å². The SMILES string of the molecule is CNCCc1csc(N2CCCOC(C)C2)n1. The third kappa shape index (κ3) is 3.66. The van der Waals surface area contributed by atoms with Crippen LogP contribution in [0.25, 0.3) is 0 Å². The summed E-state index contributed by atoms with van der Waals surface area (Å²) in [6, 6.07) is 0. The maximum atomic E-state index is 5.65. The minimum Gasteiger partial charge on any atom is -0.377 e. The lowest BCUT2D eigenvalue weighted by Crippen LogP contribution is -2.30. The largest absolute Gasteiger partial charge is 0.377 e. The van der Waals surface area contributed by atoms with Crippen molar-refractivity contribution in [3.8, 4) is 0 Å². The fourth-order valence-electron chi connectivity index (χ4n) is 1.98. The van der Waals surface area contributed by atoms with Crippen molar-refractivity contribution in [3.63, 3.8) is 0 Å². The van der Waals surface area contributed by atoms with Crippen molar-refractivity contribution in [1.29, 1.82) is 0 Å². The third-order valence-electron chi connectivity index (χ3n) is 2.89. The molecule has 2 rings (SSSR count). The van der Waals surface area contributed by atoms with Crippen molar-refractivity contribution in [3.05, 3.63) is 11.1 Å². The molecule has 1 aliphatic rings. The summed E-state index contributed by atoms with van der Waals surface area (Å²) >= 11 is 1.75. The highest BCUT2D eigenvalue weighted by atomic mass is 32.1. The number of nitrogens with one attached hydrogen (secondary N) is 1. The lowest BCUT2D eigenvalue weighted by molar-refractivity contribution is 0.0821. The Kier molecular flexibility index (Phi) is 4.76. The molecule has 1 fully saturated rings. The van der Waals surface area contributed by atoms with Crippen LogP contribution >= 0.6 is 11.3 Å². The zero-order chi connectivity index (χ0) is 12.1. The van der Waals surface area contributed by atoms with Gasteiger partial charge in [-0.25, -0.2) is 4.98 Å². The van der Waals surface area contributed by atoms with Crippen LogP contribution in [0.3, 0.4) is 0 Å². The highest BCUT2D eigenvalue weighted by Crippen LogP contribution is 2.22. The number of likely N-dealkylation sites (N-methyl/N-ethyl adjacent to an activating group) is 1. The number of thiazole rings is 1. The maximum absolute atomic E-state index is 5.65. The van der Waals surface area contributed by atoms with E-state index >= 15 is 0 Å². The van der Waals surface area contributed by atoms with Crippen molar-refractivity contribution >= 4 is 16.5 Å². The summed E-state index contributed by atoms with van der Waals surface area (Å²) in [7, 11) is 1.97. The van der Waals surface area contributed by atoms with Gasteiger partial charge in [0.1, 0.15) is 0 Å². The van der Waals surface area contributed by atoms with Gasteiger partial charge in [-0.2, -0.15) is 0 Å². The van der Waals surface area contributed by atoms with Crippen molar-refractivity contribution < 1.29 is 4.74 Å². The first-order chi connectivity index (χ1) is 8.29. The van der Waals surface area contributed by atoms with E-state index in [9.17, 15) is 0 Å². The van der Waals surface area contributed by atoms with E-state index in [-0.39, 0.29) is 0 Å². The molecule has 1 atom stereocenters. The van der Waals surface area contributed by atoms with Gasteiger partial charge in [-0.15, -0.1) is 11.3 Å². The standard InChI is InChI=1S/C12H21N3OS/c1-10-8-15(6-3-7-16-10)12-14-11(9-17-12)4-5-13-2/h9-10,13H,3-8H2,1-2H3. The van der Waals surface area contributed by atoms with Crippen LogP contribution in [0.15, 0.2) is 5.38 Å². The summed E-state index contributed by atoms with van der Waals surface area (Å²) in [6.45, 7) is 6.01. The molecule has 0 spiro atoms. The Bertz CT molecular complexity index is 342. The molecule has 4 nitrogen and oxygen atoms in total. The smallest absolute Gasteiger partial charge is 0.185 e. The van der Waals surface area contributed by atoms with Crippen LogP contribution in [0.2, 0.25) is 0 Å². The summed E-state index contributed by atoms with van der Waals surface area (Å²) in [5.41, 5.74) is 1.19. The van der Waals surface area contributed by atoms with Crippen LogP contribution < -0.4 is 10.2 Å². The molecule has 1 aromatic heterocycles. The summed E-state index contributed by atoms with van der Waals surface area (Å²) in [5.74, 6) is 0. The molecule has 0 radical (unpaired) electrons. The number of nitrogens with zero attached hydrogens (tertiary/aromatic N) is 2. The van der Waals surface area contributed by atoms with E-state index in [0.717, 1.165) is 44.2 Å². The summed E-state index contributed by atoms with van der Waals surface area (Å²) in [5, 5.41) is 6.47. The average molecular weight is 255 g/mol. The molecule has 1 aliphatic heterocycles. The number of hydrogen-bond donors (Lipinski definition) is 1. The van der Waals surface area contributed by atoms with Crippen LogP contribution in [0, 0.1) is 0 Å². The maximum Gasteiger partial charge on any atom is 0.185 e. The number of aromatic nitrogens is 1. The minimum absolute atomic E-state index is 0.308. The van der Waals surface area contributed by atoms with E-state index in [2.05, 4.69) is 22.5 Å². The highest BCUT2D eigenvalue weighted by Gasteiger charge is 2.17. The molecule has 96 valence electrons. The first-order valence-corrected chi connectivity index (χ1v) is 7.13. The van der Waals surface area contributed by atoms with Crippen molar-refractivity contribution in [2.24, 2.45) is 0 Å². The van der Waals surface area contributed by atoms with Gasteiger partial charge in [0.2, 0.25) is 0 Å². The van der Waals surface area contributed by atoms with E-state index < -0.39 is 0 Å². The first-order valence-electron chi connectivity index (χ1n) is 6.25. The monoisotopic (exact) mass is 255 g/mol. The van der Waals surface area contributed by atoms with Crippen LogP contribution in [-0.4, -0.2) is 44.4 Å². The predicted molar refractivity (Wildman–Crippen MR) is 72.0 cm³/mol. The highest BCUT2D eigenvalue weighted by molar-refractivity contribution is 7.13. The molecule has 2 heterocycles. The van der Waals surface area contributed by atoms with Crippen LogP contribution in [0.4, 0.5) is 5.13 Å². The fraction of sp³-hybridized carbons (Fsp3) is 0.750. The molecule has 1 aromatic rings. The lowest BCUT2D eigenvalue weighted by Gasteiger charge is -2.20. The van der Waals surface area contributed by atoms with Crippen LogP contribution in [-0.2, 0) is 11.2 Å². The minimum atomic E-state index is 0.308. The van der Waals surface area contributed by atoms with Crippen molar-refractivity contribution in [2.75, 3.05) is 38.2 Å². The molecular formula is C12H21N3OS. The van der Waals surface area contributed by atoms with Gasteiger partial charge in [0.05, 0.1) is 11.8 Å². The molecule has 0 bridgehead atoms. The van der Waals surface area contributed by atoms with Gasteiger partial charge in [-0.3, -0.25) is 0 Å². The quantitative estimate of drug-likeness (QED) is 0.885. The van der Waals surface area contributed by atoms with Gasteiger partial charge in [-0.05, 0) is 20.4 Å². The van der Waals surface area contributed by atoms with E-state index in [4.69, 9.17) is 9.72 Å². The Morgan fingerprint density at radius 1 is 1.65 bits per heavy atom. The molecule has 1 N–H and O–H groups in total. The van der Waals surface area contributed by atoms with Gasteiger partial charge >= 0.3 is 0 Å². The third-order valence-corrected chi connectivity index (χ3v) is 3.84. The van der Waals surface area contributed by atoms with Crippen LogP contribution in [0.1, 0.15) is 19.0 Å². The van der Waals surface area contributed by atoms with Crippen molar-refractivity contribution in [2.45, 2.75) is 25.9 Å². The molecule has 0 amide bonds. The molecule has 0 aliphatic carbocycles. The molecular weight excluding hydrogens is 234 g/mol. The van der Waals surface area contributed by atoms with E-state index in [0.29, 0.717) is 6.10 Å². The molecule has 5 heteroatoms. The Balaban J connectivity index is 1.97. The van der Waals surface area contributed by atoms with E-state index in [1.165, 1.54) is 5.69 Å². The number of anilines is 1. The van der Waals surface area contributed by atoms with Gasteiger partial charge in [0.15, 0.2) is 5.13 Å². The number of ether oxygens (including phenoxy) is 1. The molecule has 1 unspecified atom stereocenters. The molecule has 1 saturated heterocycles. The normalized spacial score (nSPS) is 21.5. The number of rotatable bonds is 4. The lowest BCUT2D eigenvalue weighted by atomic mass is 10.3. The van der Waals surface area contributed by atoms with Gasteiger partial charge in [-0.1, -0.05) is 0 Å². The average Bonchev–Trinajstić information content (AvgIpc) is 2.69. The Morgan fingerprint density at radius 2 is 2.53 bits per heavy atom. The first kappa shape index (κ1) is 12.8. The Labute approximate surface area is 107 Å². The summed E-state index contributed by atoms with van der Waals surface area (Å²) in [4.78, 5) is 7.05. The Hall–Kier alpha value is -0.650. The Morgan fingerprint density at radius 3 is 3.35 bits per heavy atom. The molecule has 0 aromatic carbocycles. The molecule has 17 heavy (non-hydrogen) atoms. The second kappa shape index (κ2) is 6.33.